The lowest BCUT2D eigenvalue weighted by Crippen LogP contribution is -1.97. The van der Waals surface area contributed by atoms with Crippen molar-refractivity contribution in [3.63, 3.8) is 0 Å². The van der Waals surface area contributed by atoms with Crippen molar-refractivity contribution in [1.82, 2.24) is 0 Å². The molecule has 0 aliphatic carbocycles. The monoisotopic (exact) mass is 334 g/mol. The summed E-state index contributed by atoms with van der Waals surface area (Å²) in [5.74, 6) is -0.442. The normalized spacial score (nSPS) is 11.7. The highest BCUT2D eigenvalue weighted by atomic mass is 127. The summed E-state index contributed by atoms with van der Waals surface area (Å²) in [5.41, 5.74) is 0.313. The maximum Gasteiger partial charge on any atom is 0.261 e. The van der Waals surface area contributed by atoms with E-state index in [0.717, 1.165) is 6.07 Å². The third-order valence-electron chi connectivity index (χ3n) is 1.48. The fourth-order valence-electron chi connectivity index (χ4n) is 0.891. The van der Waals surface area contributed by atoms with Crippen LogP contribution in [-0.2, 0) is 9.05 Å². The van der Waals surface area contributed by atoms with Crippen molar-refractivity contribution in [3.05, 3.63) is 27.1 Å². The molecule has 0 radical (unpaired) electrons. The summed E-state index contributed by atoms with van der Waals surface area (Å²) in [6.45, 7) is 1.49. The van der Waals surface area contributed by atoms with E-state index in [1.165, 1.54) is 13.0 Å². The molecular formula is C7H5ClFIO2S. The van der Waals surface area contributed by atoms with Crippen LogP contribution in [0.4, 0.5) is 4.39 Å². The zero-order valence-corrected chi connectivity index (χ0v) is 10.2. The molecule has 0 aromatic heterocycles. The van der Waals surface area contributed by atoms with Crippen LogP contribution >= 0.6 is 33.3 Å². The van der Waals surface area contributed by atoms with E-state index in [-0.39, 0.29) is 8.47 Å². The van der Waals surface area contributed by atoms with Crippen LogP contribution in [0.15, 0.2) is 17.0 Å². The van der Waals surface area contributed by atoms with E-state index in [9.17, 15) is 12.8 Å². The number of benzene rings is 1. The molecule has 72 valence electrons. The molecule has 1 aromatic rings. The van der Waals surface area contributed by atoms with Crippen LogP contribution in [0.5, 0.6) is 0 Å². The molecule has 0 amide bonds. The van der Waals surface area contributed by atoms with E-state index in [1.807, 2.05) is 0 Å². The topological polar surface area (TPSA) is 34.1 Å². The maximum absolute atomic E-state index is 12.9. The first-order chi connectivity index (χ1) is 5.82. The van der Waals surface area contributed by atoms with Gasteiger partial charge in [0, 0.05) is 10.7 Å². The Bertz CT molecular complexity index is 444. The average molecular weight is 335 g/mol. The molecule has 0 aliphatic rings. The molecule has 0 saturated carbocycles. The second-order valence-corrected chi connectivity index (χ2v) is 6.17. The highest BCUT2D eigenvalue weighted by Gasteiger charge is 2.15. The van der Waals surface area contributed by atoms with Gasteiger partial charge in [-0.1, -0.05) is 0 Å². The Kier molecular flexibility index (Phi) is 3.19. The zero-order valence-electron chi connectivity index (χ0n) is 6.51. The molecule has 1 rings (SSSR count). The zero-order chi connectivity index (χ0) is 10.2. The molecule has 0 N–H and O–H groups in total. The van der Waals surface area contributed by atoms with Gasteiger partial charge in [-0.15, -0.1) is 0 Å². The number of aryl methyl sites for hydroxylation is 1. The minimum Gasteiger partial charge on any atom is -0.207 e. The van der Waals surface area contributed by atoms with Crippen molar-refractivity contribution in [1.29, 1.82) is 0 Å². The summed E-state index contributed by atoms with van der Waals surface area (Å²) < 4.78 is 35.1. The van der Waals surface area contributed by atoms with Gasteiger partial charge in [-0.25, -0.2) is 12.8 Å². The Hall–Kier alpha value is 0.120. The first-order valence-corrected chi connectivity index (χ1v) is 6.61. The van der Waals surface area contributed by atoms with Gasteiger partial charge >= 0.3 is 0 Å². The van der Waals surface area contributed by atoms with Crippen LogP contribution in [0.2, 0.25) is 0 Å². The molecule has 2 nitrogen and oxygen atoms in total. The lowest BCUT2D eigenvalue weighted by Gasteiger charge is -2.02. The summed E-state index contributed by atoms with van der Waals surface area (Å²) in [6.07, 6.45) is 0. The number of hydrogen-bond acceptors (Lipinski definition) is 2. The molecule has 6 heteroatoms. The summed E-state index contributed by atoms with van der Waals surface area (Å²) >= 11 is 1.71. The van der Waals surface area contributed by atoms with E-state index in [0.29, 0.717) is 5.56 Å². The average Bonchev–Trinajstić information content (AvgIpc) is 1.94. The predicted octanol–water partition coefficient (Wildman–Crippen LogP) is 2.67. The summed E-state index contributed by atoms with van der Waals surface area (Å²) in [7, 11) is 1.36. The quantitative estimate of drug-likeness (QED) is 0.584. The molecule has 0 unspecified atom stereocenters. The minimum absolute atomic E-state index is 0.0417. The standard InChI is InChI=1S/C7H5ClFIO2S/c1-4-2-5(9)6(10)3-7(4)13(8,11)12/h2-3H,1H3. The van der Waals surface area contributed by atoms with Gasteiger partial charge in [0.05, 0.1) is 8.47 Å². The van der Waals surface area contributed by atoms with Gasteiger partial charge in [-0.2, -0.15) is 0 Å². The van der Waals surface area contributed by atoms with Crippen LogP contribution in [-0.4, -0.2) is 8.42 Å². The molecular weight excluding hydrogens is 329 g/mol. The molecule has 13 heavy (non-hydrogen) atoms. The molecule has 0 bridgehead atoms. The minimum atomic E-state index is -3.77. The molecule has 0 fully saturated rings. The predicted molar refractivity (Wildman–Crippen MR) is 56.9 cm³/mol. The fourth-order valence-corrected chi connectivity index (χ4v) is 2.77. The number of hydrogen-bond donors (Lipinski definition) is 0. The SMILES string of the molecule is Cc1cc(F)c(I)cc1S(=O)(=O)Cl. The first kappa shape index (κ1) is 11.2. The third-order valence-corrected chi connectivity index (χ3v) is 3.77. The van der Waals surface area contributed by atoms with Crippen molar-refractivity contribution in [3.8, 4) is 0 Å². The highest BCUT2D eigenvalue weighted by molar-refractivity contribution is 14.1. The van der Waals surface area contributed by atoms with Gasteiger partial charge in [-0.05, 0) is 47.2 Å². The third kappa shape index (κ3) is 2.54. The lowest BCUT2D eigenvalue weighted by atomic mass is 10.2. The van der Waals surface area contributed by atoms with Crippen molar-refractivity contribution in [2.75, 3.05) is 0 Å². The summed E-state index contributed by atoms with van der Waals surface area (Å²) in [4.78, 5) is -0.0417. The van der Waals surface area contributed by atoms with Gasteiger partial charge in [0.2, 0.25) is 0 Å². The Morgan fingerprint density at radius 3 is 2.46 bits per heavy atom. The highest BCUT2D eigenvalue weighted by Crippen LogP contribution is 2.23. The number of halogens is 3. The molecule has 0 aliphatic heterocycles. The first-order valence-electron chi connectivity index (χ1n) is 3.22. The Morgan fingerprint density at radius 2 is 2.00 bits per heavy atom. The lowest BCUT2D eigenvalue weighted by molar-refractivity contribution is 0.604. The molecule has 0 saturated heterocycles. The van der Waals surface area contributed by atoms with Crippen molar-refractivity contribution in [2.45, 2.75) is 11.8 Å². The van der Waals surface area contributed by atoms with Gasteiger partial charge in [0.1, 0.15) is 5.82 Å². The van der Waals surface area contributed by atoms with E-state index >= 15 is 0 Å². The van der Waals surface area contributed by atoms with Crippen LogP contribution in [0.25, 0.3) is 0 Å². The van der Waals surface area contributed by atoms with Gasteiger partial charge in [-0.3, -0.25) is 0 Å². The van der Waals surface area contributed by atoms with Crippen LogP contribution in [0, 0.1) is 16.3 Å². The summed E-state index contributed by atoms with van der Waals surface area (Å²) in [6, 6.07) is 2.37. The molecule has 0 spiro atoms. The summed E-state index contributed by atoms with van der Waals surface area (Å²) in [5, 5.41) is 0. The van der Waals surface area contributed by atoms with E-state index in [4.69, 9.17) is 10.7 Å². The largest absolute Gasteiger partial charge is 0.261 e. The fraction of sp³-hybridized carbons (Fsp3) is 0.143. The van der Waals surface area contributed by atoms with Crippen LogP contribution < -0.4 is 0 Å². The van der Waals surface area contributed by atoms with Crippen molar-refractivity contribution in [2.24, 2.45) is 0 Å². The van der Waals surface area contributed by atoms with Crippen molar-refractivity contribution >= 4 is 42.3 Å². The van der Waals surface area contributed by atoms with Gasteiger partial charge in [0.25, 0.3) is 9.05 Å². The smallest absolute Gasteiger partial charge is 0.207 e. The second kappa shape index (κ2) is 3.70. The van der Waals surface area contributed by atoms with Crippen LogP contribution in [0.3, 0.4) is 0 Å². The number of rotatable bonds is 1. The maximum atomic E-state index is 12.9. The van der Waals surface area contributed by atoms with E-state index in [1.54, 1.807) is 22.6 Å². The van der Waals surface area contributed by atoms with E-state index in [2.05, 4.69) is 0 Å². The Morgan fingerprint density at radius 1 is 1.46 bits per heavy atom. The van der Waals surface area contributed by atoms with Gasteiger partial charge in [0.15, 0.2) is 0 Å². The molecule has 1 aromatic carbocycles. The van der Waals surface area contributed by atoms with Gasteiger partial charge < -0.3 is 0 Å². The molecule has 0 heterocycles. The second-order valence-electron chi connectivity index (χ2n) is 2.47. The Labute approximate surface area is 93.7 Å². The Balaban J connectivity index is 3.50. The van der Waals surface area contributed by atoms with E-state index < -0.39 is 14.9 Å². The van der Waals surface area contributed by atoms with Crippen molar-refractivity contribution < 1.29 is 12.8 Å². The molecule has 0 atom stereocenters. The van der Waals surface area contributed by atoms with Crippen LogP contribution in [0.1, 0.15) is 5.56 Å².